The van der Waals surface area contributed by atoms with Gasteiger partial charge in [0.15, 0.2) is 0 Å². The Labute approximate surface area is 123 Å². The van der Waals surface area contributed by atoms with Crippen LogP contribution in [0, 0.1) is 0 Å². The van der Waals surface area contributed by atoms with Gasteiger partial charge in [0, 0.05) is 24.1 Å². The fraction of sp³-hybridized carbons (Fsp3) is 0.500. The molecule has 0 saturated carbocycles. The molecule has 1 aromatic carbocycles. The third kappa shape index (κ3) is 4.84. The molecule has 0 spiro atoms. The van der Waals surface area contributed by atoms with Crippen LogP contribution >= 0.6 is 15.9 Å². The van der Waals surface area contributed by atoms with E-state index < -0.39 is 0 Å². The van der Waals surface area contributed by atoms with Gasteiger partial charge in [-0.15, -0.1) is 0 Å². The summed E-state index contributed by atoms with van der Waals surface area (Å²) in [5, 5.41) is 3.17. The van der Waals surface area contributed by atoms with Crippen LogP contribution in [0.2, 0.25) is 0 Å². The largest absolute Gasteiger partial charge is 0.497 e. The average molecular weight is 329 g/mol. The van der Waals surface area contributed by atoms with Gasteiger partial charge in [0.05, 0.1) is 13.7 Å². The van der Waals surface area contributed by atoms with Crippen LogP contribution in [-0.4, -0.2) is 37.6 Å². The maximum atomic E-state index is 11.8. The summed E-state index contributed by atoms with van der Waals surface area (Å²) >= 11 is 3.49. The number of rotatable bonds is 7. The Morgan fingerprint density at radius 2 is 2.05 bits per heavy atom. The van der Waals surface area contributed by atoms with E-state index >= 15 is 0 Å². The highest BCUT2D eigenvalue weighted by atomic mass is 79.9. The molecule has 106 valence electrons. The number of nitrogens with one attached hydrogen (secondary N) is 1. The number of benzene rings is 1. The van der Waals surface area contributed by atoms with Gasteiger partial charge in [0.1, 0.15) is 5.75 Å². The van der Waals surface area contributed by atoms with Gasteiger partial charge in [0.25, 0.3) is 0 Å². The van der Waals surface area contributed by atoms with Crippen LogP contribution < -0.4 is 10.1 Å². The number of nitrogens with zero attached hydrogens (tertiary/aromatic N) is 1. The minimum absolute atomic E-state index is 0.129. The second-order valence-corrected chi connectivity index (χ2v) is 4.98. The molecule has 0 aromatic heterocycles. The first-order chi connectivity index (χ1) is 9.12. The molecule has 0 fully saturated rings. The predicted octanol–water partition coefficient (Wildman–Crippen LogP) is 2.42. The molecule has 0 radical (unpaired) electrons. The van der Waals surface area contributed by atoms with E-state index in [1.54, 1.807) is 7.11 Å². The maximum absolute atomic E-state index is 11.8. The summed E-state index contributed by atoms with van der Waals surface area (Å²) in [5.41, 5.74) is 1.08. The topological polar surface area (TPSA) is 41.6 Å². The number of methoxy groups -OCH3 is 1. The van der Waals surface area contributed by atoms with Crippen molar-refractivity contribution in [3.63, 3.8) is 0 Å². The van der Waals surface area contributed by atoms with Gasteiger partial charge in [-0.05, 0) is 37.6 Å². The monoisotopic (exact) mass is 328 g/mol. The highest BCUT2D eigenvalue weighted by molar-refractivity contribution is 9.10. The van der Waals surface area contributed by atoms with Crippen molar-refractivity contribution in [2.24, 2.45) is 0 Å². The Hall–Kier alpha value is -1.07. The zero-order valence-corrected chi connectivity index (χ0v) is 13.3. The Morgan fingerprint density at radius 1 is 1.37 bits per heavy atom. The Morgan fingerprint density at radius 3 is 2.63 bits per heavy atom. The van der Waals surface area contributed by atoms with Gasteiger partial charge in [-0.25, -0.2) is 0 Å². The SMILES string of the molecule is CCN(CC)C(=O)CNCc1cc(OC)ccc1Br. The lowest BCUT2D eigenvalue weighted by Gasteiger charge is -2.19. The molecular formula is C14H21BrN2O2. The molecule has 0 aliphatic carbocycles. The van der Waals surface area contributed by atoms with E-state index in [9.17, 15) is 4.79 Å². The lowest BCUT2D eigenvalue weighted by molar-refractivity contribution is -0.129. The van der Waals surface area contributed by atoms with Gasteiger partial charge >= 0.3 is 0 Å². The zero-order valence-electron chi connectivity index (χ0n) is 11.7. The smallest absolute Gasteiger partial charge is 0.236 e. The summed E-state index contributed by atoms with van der Waals surface area (Å²) in [4.78, 5) is 13.6. The molecule has 0 aliphatic heterocycles. The molecule has 4 nitrogen and oxygen atoms in total. The number of amides is 1. The van der Waals surface area contributed by atoms with Crippen molar-refractivity contribution < 1.29 is 9.53 Å². The third-order valence-corrected chi connectivity index (χ3v) is 3.73. The molecule has 1 rings (SSSR count). The Bertz CT molecular complexity index is 420. The van der Waals surface area contributed by atoms with E-state index in [1.807, 2.05) is 36.9 Å². The number of halogens is 1. The lowest BCUT2D eigenvalue weighted by Crippen LogP contribution is -2.37. The van der Waals surface area contributed by atoms with Crippen LogP contribution in [0.1, 0.15) is 19.4 Å². The normalized spacial score (nSPS) is 10.3. The number of carbonyl (C=O) groups excluding carboxylic acids is 1. The molecule has 0 atom stereocenters. The summed E-state index contributed by atoms with van der Waals surface area (Å²) in [6.07, 6.45) is 0. The molecule has 0 unspecified atom stereocenters. The summed E-state index contributed by atoms with van der Waals surface area (Å²) in [5.74, 6) is 0.944. The van der Waals surface area contributed by atoms with E-state index in [4.69, 9.17) is 4.74 Å². The second-order valence-electron chi connectivity index (χ2n) is 4.13. The number of carbonyl (C=O) groups is 1. The first-order valence-electron chi connectivity index (χ1n) is 6.43. The van der Waals surface area contributed by atoms with Gasteiger partial charge in [-0.2, -0.15) is 0 Å². The fourth-order valence-corrected chi connectivity index (χ4v) is 2.19. The number of ether oxygens (including phenoxy) is 1. The van der Waals surface area contributed by atoms with Crippen LogP contribution in [0.15, 0.2) is 22.7 Å². The van der Waals surface area contributed by atoms with Crippen LogP contribution in [0.4, 0.5) is 0 Å². The number of likely N-dealkylation sites (N-methyl/N-ethyl adjacent to an activating group) is 1. The van der Waals surface area contributed by atoms with Crippen LogP contribution in [0.25, 0.3) is 0 Å². The van der Waals surface area contributed by atoms with Crippen LogP contribution in [0.5, 0.6) is 5.75 Å². The Balaban J connectivity index is 2.51. The van der Waals surface area contributed by atoms with E-state index in [1.165, 1.54) is 0 Å². The molecule has 0 saturated heterocycles. The average Bonchev–Trinajstić information content (AvgIpc) is 2.42. The first-order valence-corrected chi connectivity index (χ1v) is 7.22. The van der Waals surface area contributed by atoms with E-state index in [-0.39, 0.29) is 5.91 Å². The highest BCUT2D eigenvalue weighted by Gasteiger charge is 2.09. The highest BCUT2D eigenvalue weighted by Crippen LogP contribution is 2.22. The third-order valence-electron chi connectivity index (χ3n) is 2.96. The molecule has 0 bridgehead atoms. The number of hydrogen-bond acceptors (Lipinski definition) is 3. The summed E-state index contributed by atoms with van der Waals surface area (Å²) in [7, 11) is 1.64. The summed E-state index contributed by atoms with van der Waals surface area (Å²) < 4.78 is 6.20. The summed E-state index contributed by atoms with van der Waals surface area (Å²) in [6.45, 7) is 6.45. The molecule has 0 heterocycles. The zero-order chi connectivity index (χ0) is 14.3. The first kappa shape index (κ1) is 16.0. The van der Waals surface area contributed by atoms with E-state index in [0.29, 0.717) is 13.1 Å². The minimum atomic E-state index is 0.129. The molecule has 1 amide bonds. The van der Waals surface area contributed by atoms with Gasteiger partial charge in [0.2, 0.25) is 5.91 Å². The van der Waals surface area contributed by atoms with Gasteiger partial charge in [-0.1, -0.05) is 15.9 Å². The van der Waals surface area contributed by atoms with Crippen LogP contribution in [0.3, 0.4) is 0 Å². The van der Waals surface area contributed by atoms with Crippen molar-refractivity contribution in [2.75, 3.05) is 26.7 Å². The standard InChI is InChI=1S/C14H21BrN2O2/c1-4-17(5-2)14(18)10-16-9-11-8-12(19-3)6-7-13(11)15/h6-8,16H,4-5,9-10H2,1-3H3. The quantitative estimate of drug-likeness (QED) is 0.835. The maximum Gasteiger partial charge on any atom is 0.236 e. The van der Waals surface area contributed by atoms with Gasteiger partial charge < -0.3 is 15.0 Å². The van der Waals surface area contributed by atoms with E-state index in [2.05, 4.69) is 21.2 Å². The van der Waals surface area contributed by atoms with Crippen molar-refractivity contribution >= 4 is 21.8 Å². The molecule has 1 N–H and O–H groups in total. The molecular weight excluding hydrogens is 308 g/mol. The van der Waals surface area contributed by atoms with Crippen molar-refractivity contribution in [2.45, 2.75) is 20.4 Å². The molecule has 19 heavy (non-hydrogen) atoms. The minimum Gasteiger partial charge on any atom is -0.497 e. The lowest BCUT2D eigenvalue weighted by atomic mass is 10.2. The second kappa shape index (κ2) is 8.17. The van der Waals surface area contributed by atoms with Crippen molar-refractivity contribution in [1.82, 2.24) is 10.2 Å². The van der Waals surface area contributed by atoms with Crippen molar-refractivity contribution in [1.29, 1.82) is 0 Å². The summed E-state index contributed by atoms with van der Waals surface area (Å²) in [6, 6.07) is 5.80. The van der Waals surface area contributed by atoms with E-state index in [0.717, 1.165) is 28.9 Å². The van der Waals surface area contributed by atoms with Crippen molar-refractivity contribution in [3.05, 3.63) is 28.2 Å². The fourth-order valence-electron chi connectivity index (χ4n) is 1.81. The molecule has 5 heteroatoms. The van der Waals surface area contributed by atoms with Crippen molar-refractivity contribution in [3.8, 4) is 5.75 Å². The van der Waals surface area contributed by atoms with Gasteiger partial charge in [-0.3, -0.25) is 4.79 Å². The van der Waals surface area contributed by atoms with Crippen LogP contribution in [-0.2, 0) is 11.3 Å². The molecule has 1 aromatic rings. The Kier molecular flexibility index (Phi) is 6.87. The predicted molar refractivity (Wildman–Crippen MR) is 80.3 cm³/mol. The number of hydrogen-bond donors (Lipinski definition) is 1. The molecule has 0 aliphatic rings.